The van der Waals surface area contributed by atoms with E-state index >= 15 is 0 Å². The molecule has 0 saturated carbocycles. The maximum Gasteiger partial charge on any atom is 0.249 e. The maximum absolute atomic E-state index is 6.18. The number of aromatic nitrogens is 3. The smallest absolute Gasteiger partial charge is 0.249 e. The molecule has 0 saturated heterocycles. The van der Waals surface area contributed by atoms with Crippen molar-refractivity contribution in [1.29, 1.82) is 0 Å². The highest BCUT2D eigenvalue weighted by Crippen LogP contribution is 2.34. The summed E-state index contributed by atoms with van der Waals surface area (Å²) in [7, 11) is 0. The third-order valence-electron chi connectivity index (χ3n) is 3.57. The molecular formula is C17H13Cl2N5O2. The van der Waals surface area contributed by atoms with Crippen LogP contribution in [-0.2, 0) is 0 Å². The molecule has 1 aliphatic rings. The van der Waals surface area contributed by atoms with Crippen molar-refractivity contribution >= 4 is 46.3 Å². The summed E-state index contributed by atoms with van der Waals surface area (Å²) in [5.41, 5.74) is 1.39. The van der Waals surface area contributed by atoms with Gasteiger partial charge < -0.3 is 20.1 Å². The zero-order chi connectivity index (χ0) is 17.9. The summed E-state index contributed by atoms with van der Waals surface area (Å²) in [6.45, 7) is 1.07. The lowest BCUT2D eigenvalue weighted by Crippen LogP contribution is -2.15. The zero-order valence-electron chi connectivity index (χ0n) is 13.4. The zero-order valence-corrected chi connectivity index (χ0v) is 14.9. The van der Waals surface area contributed by atoms with Crippen LogP contribution in [0.2, 0.25) is 10.0 Å². The second-order valence-corrected chi connectivity index (χ2v) is 6.16. The molecule has 1 aliphatic heterocycles. The molecule has 132 valence electrons. The van der Waals surface area contributed by atoms with E-state index in [9.17, 15) is 0 Å². The predicted octanol–water partition coefficient (Wildman–Crippen LogP) is 4.44. The molecule has 9 heteroatoms. The van der Waals surface area contributed by atoms with Gasteiger partial charge in [-0.05, 0) is 24.3 Å². The third kappa shape index (κ3) is 3.58. The minimum absolute atomic E-state index is 0.324. The van der Waals surface area contributed by atoms with Crippen molar-refractivity contribution in [3.63, 3.8) is 0 Å². The lowest BCUT2D eigenvalue weighted by molar-refractivity contribution is 0.171. The summed E-state index contributed by atoms with van der Waals surface area (Å²) >= 11 is 12.2. The summed E-state index contributed by atoms with van der Waals surface area (Å²) in [4.78, 5) is 4.38. The molecule has 7 nitrogen and oxygen atoms in total. The molecule has 26 heavy (non-hydrogen) atoms. The number of ether oxygens (including phenoxy) is 2. The standard InChI is InChI=1S/C17H13Cl2N5O2/c18-11-2-1-3-12(16(11)19)22-15-9-20-24-17(23-15)21-10-4-5-13-14(8-10)26-7-6-25-13/h1-5,8-9H,6-7H2,(H2,21,22,23,24). The van der Waals surface area contributed by atoms with Gasteiger partial charge in [-0.2, -0.15) is 10.1 Å². The van der Waals surface area contributed by atoms with E-state index in [-0.39, 0.29) is 0 Å². The third-order valence-corrected chi connectivity index (χ3v) is 4.39. The lowest BCUT2D eigenvalue weighted by atomic mass is 10.2. The van der Waals surface area contributed by atoms with Crippen LogP contribution in [0.15, 0.2) is 42.6 Å². The van der Waals surface area contributed by atoms with Crippen LogP contribution in [0.25, 0.3) is 0 Å². The number of nitrogens with one attached hydrogen (secondary N) is 2. The average Bonchev–Trinajstić information content (AvgIpc) is 2.66. The Morgan fingerprint density at radius 1 is 0.962 bits per heavy atom. The van der Waals surface area contributed by atoms with Gasteiger partial charge in [-0.1, -0.05) is 29.3 Å². The Balaban J connectivity index is 1.53. The van der Waals surface area contributed by atoms with Crippen LogP contribution in [0.5, 0.6) is 11.5 Å². The quantitative estimate of drug-likeness (QED) is 0.682. The van der Waals surface area contributed by atoms with Crippen molar-refractivity contribution in [3.8, 4) is 11.5 Å². The number of hydrogen-bond donors (Lipinski definition) is 2. The van der Waals surface area contributed by atoms with Crippen molar-refractivity contribution in [2.75, 3.05) is 23.8 Å². The van der Waals surface area contributed by atoms with Crippen molar-refractivity contribution in [2.24, 2.45) is 0 Å². The van der Waals surface area contributed by atoms with Gasteiger partial charge in [-0.3, -0.25) is 0 Å². The second kappa shape index (κ2) is 7.23. The fraction of sp³-hybridized carbons (Fsp3) is 0.118. The van der Waals surface area contributed by atoms with Crippen molar-refractivity contribution in [1.82, 2.24) is 15.2 Å². The van der Waals surface area contributed by atoms with Gasteiger partial charge in [0, 0.05) is 11.8 Å². The summed E-state index contributed by atoms with van der Waals surface area (Å²) in [6, 6.07) is 10.8. The summed E-state index contributed by atoms with van der Waals surface area (Å²) in [5, 5.41) is 15.0. The first-order valence-corrected chi connectivity index (χ1v) is 8.52. The van der Waals surface area contributed by atoms with E-state index in [1.165, 1.54) is 6.20 Å². The highest BCUT2D eigenvalue weighted by atomic mass is 35.5. The van der Waals surface area contributed by atoms with Gasteiger partial charge >= 0.3 is 0 Å². The fourth-order valence-corrected chi connectivity index (χ4v) is 2.75. The van der Waals surface area contributed by atoms with Crippen LogP contribution in [-0.4, -0.2) is 28.4 Å². The molecule has 3 aromatic rings. The van der Waals surface area contributed by atoms with E-state index in [1.807, 2.05) is 18.2 Å². The monoisotopic (exact) mass is 389 g/mol. The molecule has 0 amide bonds. The van der Waals surface area contributed by atoms with Crippen molar-refractivity contribution in [3.05, 3.63) is 52.6 Å². The Labute approximate surface area is 159 Å². The Morgan fingerprint density at radius 3 is 2.69 bits per heavy atom. The molecule has 0 unspecified atom stereocenters. The SMILES string of the molecule is Clc1cccc(Nc2cnnc(Nc3ccc4c(c3)OCCO4)n2)c1Cl. The number of benzene rings is 2. The molecule has 1 aromatic heterocycles. The normalized spacial score (nSPS) is 12.5. The lowest BCUT2D eigenvalue weighted by Gasteiger charge is -2.19. The van der Waals surface area contributed by atoms with Crippen LogP contribution in [0.1, 0.15) is 0 Å². The average molecular weight is 390 g/mol. The topological polar surface area (TPSA) is 81.2 Å². The van der Waals surface area contributed by atoms with E-state index in [4.69, 9.17) is 32.7 Å². The first-order valence-electron chi connectivity index (χ1n) is 7.76. The Morgan fingerprint density at radius 2 is 1.81 bits per heavy atom. The molecule has 0 aliphatic carbocycles. The molecule has 4 rings (SSSR count). The number of fused-ring (bicyclic) bond motifs is 1. The Hall–Kier alpha value is -2.77. The van der Waals surface area contributed by atoms with E-state index in [0.717, 1.165) is 5.69 Å². The molecule has 0 radical (unpaired) electrons. The largest absolute Gasteiger partial charge is 0.486 e. The van der Waals surface area contributed by atoms with Crippen LogP contribution < -0.4 is 20.1 Å². The van der Waals surface area contributed by atoms with Crippen LogP contribution in [0.4, 0.5) is 23.1 Å². The number of anilines is 4. The maximum atomic E-state index is 6.18. The van der Waals surface area contributed by atoms with Crippen LogP contribution in [0, 0.1) is 0 Å². The fourth-order valence-electron chi connectivity index (χ4n) is 2.41. The van der Waals surface area contributed by atoms with Crippen molar-refractivity contribution in [2.45, 2.75) is 0 Å². The van der Waals surface area contributed by atoms with E-state index < -0.39 is 0 Å². The number of rotatable bonds is 4. The van der Waals surface area contributed by atoms with E-state index in [1.54, 1.807) is 18.2 Å². The molecule has 0 fully saturated rings. The summed E-state index contributed by atoms with van der Waals surface area (Å²) in [6.07, 6.45) is 1.49. The molecule has 0 spiro atoms. The number of nitrogens with zero attached hydrogens (tertiary/aromatic N) is 3. The number of hydrogen-bond acceptors (Lipinski definition) is 7. The van der Waals surface area contributed by atoms with Crippen molar-refractivity contribution < 1.29 is 9.47 Å². The molecule has 2 heterocycles. The predicted molar refractivity (Wildman–Crippen MR) is 100 cm³/mol. The highest BCUT2D eigenvalue weighted by Gasteiger charge is 2.12. The number of halogens is 2. The second-order valence-electron chi connectivity index (χ2n) is 5.38. The van der Waals surface area contributed by atoms with E-state index in [2.05, 4.69) is 25.8 Å². The van der Waals surface area contributed by atoms with Crippen LogP contribution in [0.3, 0.4) is 0 Å². The highest BCUT2D eigenvalue weighted by molar-refractivity contribution is 6.43. The summed E-state index contributed by atoms with van der Waals surface area (Å²) < 4.78 is 11.1. The van der Waals surface area contributed by atoms with Gasteiger partial charge in [0.05, 0.1) is 21.9 Å². The minimum Gasteiger partial charge on any atom is -0.486 e. The molecule has 2 N–H and O–H groups in total. The Kier molecular flexibility index (Phi) is 4.64. The van der Waals surface area contributed by atoms with Gasteiger partial charge in [0.1, 0.15) is 13.2 Å². The van der Waals surface area contributed by atoms with Gasteiger partial charge in [0.15, 0.2) is 17.3 Å². The van der Waals surface area contributed by atoms with Crippen LogP contribution >= 0.6 is 23.2 Å². The first kappa shape index (κ1) is 16.7. The molecule has 2 aromatic carbocycles. The van der Waals surface area contributed by atoms with Gasteiger partial charge in [0.2, 0.25) is 5.95 Å². The molecule has 0 atom stereocenters. The Bertz CT molecular complexity index is 954. The van der Waals surface area contributed by atoms with Gasteiger partial charge in [-0.15, -0.1) is 5.10 Å². The molecule has 0 bridgehead atoms. The van der Waals surface area contributed by atoms with E-state index in [0.29, 0.717) is 52.2 Å². The first-order chi connectivity index (χ1) is 12.7. The van der Waals surface area contributed by atoms with Gasteiger partial charge in [-0.25, -0.2) is 0 Å². The summed E-state index contributed by atoms with van der Waals surface area (Å²) in [5.74, 6) is 2.19. The minimum atomic E-state index is 0.324. The molecular weight excluding hydrogens is 377 g/mol. The van der Waals surface area contributed by atoms with Gasteiger partial charge in [0.25, 0.3) is 0 Å².